The lowest BCUT2D eigenvalue weighted by Crippen LogP contribution is -2.87. The summed E-state index contributed by atoms with van der Waals surface area (Å²) < 4.78 is 22.1. The van der Waals surface area contributed by atoms with Gasteiger partial charge in [-0.2, -0.15) is 0 Å². The average molecular weight is 338 g/mol. The molecule has 0 amide bonds. The van der Waals surface area contributed by atoms with Gasteiger partial charge in [0.25, 0.3) is 0 Å². The molecule has 0 saturated carbocycles. The summed E-state index contributed by atoms with van der Waals surface area (Å²) in [4.78, 5) is 0. The quantitative estimate of drug-likeness (QED) is 0.626. The number of aliphatic hydroxyl groups is 1. The van der Waals surface area contributed by atoms with Crippen molar-refractivity contribution in [2.75, 3.05) is 46.1 Å². The van der Waals surface area contributed by atoms with Gasteiger partial charge in [0.2, 0.25) is 0 Å². The van der Waals surface area contributed by atoms with Gasteiger partial charge in [-0.05, 0) is 30.5 Å². The lowest BCUT2D eigenvalue weighted by atomic mass is 10.1. The van der Waals surface area contributed by atoms with E-state index in [-0.39, 0.29) is 6.10 Å². The summed E-state index contributed by atoms with van der Waals surface area (Å²) in [6.07, 6.45) is 2.89. The van der Waals surface area contributed by atoms with Crippen LogP contribution in [-0.4, -0.2) is 63.4 Å². The fraction of sp³-hybridized carbons (Fsp3) is 0.667. The van der Waals surface area contributed by atoms with Crippen molar-refractivity contribution in [3.8, 4) is 11.5 Å². The minimum atomic E-state index is -0.438. The van der Waals surface area contributed by atoms with Gasteiger partial charge in [0.1, 0.15) is 25.9 Å². The van der Waals surface area contributed by atoms with Gasteiger partial charge >= 0.3 is 0 Å². The highest BCUT2D eigenvalue weighted by molar-refractivity contribution is 5.43. The van der Waals surface area contributed by atoms with Crippen molar-refractivity contribution in [2.24, 2.45) is 0 Å². The van der Waals surface area contributed by atoms with E-state index in [1.54, 1.807) is 0 Å². The maximum atomic E-state index is 9.94. The first kappa shape index (κ1) is 17.5. The molecule has 6 heteroatoms. The fourth-order valence-electron chi connectivity index (χ4n) is 3.00. The molecule has 6 nitrogen and oxygen atoms in total. The Labute approximate surface area is 143 Å². The van der Waals surface area contributed by atoms with Crippen LogP contribution in [0, 0.1) is 0 Å². The van der Waals surface area contributed by atoms with E-state index in [0.29, 0.717) is 33.0 Å². The normalized spacial score (nSPS) is 21.0. The summed E-state index contributed by atoms with van der Waals surface area (Å²) in [5.74, 6) is 1.66. The van der Waals surface area contributed by atoms with Gasteiger partial charge in [0.15, 0.2) is 11.5 Å². The number of benzene rings is 1. The fourth-order valence-corrected chi connectivity index (χ4v) is 3.00. The van der Waals surface area contributed by atoms with Crippen molar-refractivity contribution >= 4 is 0 Å². The maximum absolute atomic E-state index is 9.94. The average Bonchev–Trinajstić information content (AvgIpc) is 3.12. The number of nitrogens with two attached hydrogens (primary N) is 1. The molecule has 0 spiro atoms. The largest absolute Gasteiger partial charge is 0.486 e. The van der Waals surface area contributed by atoms with E-state index in [1.807, 2.05) is 12.1 Å². The van der Waals surface area contributed by atoms with Gasteiger partial charge in [-0.25, -0.2) is 0 Å². The molecule has 3 N–H and O–H groups in total. The second kappa shape index (κ2) is 9.22. The second-order valence-electron chi connectivity index (χ2n) is 6.37. The number of rotatable bonds is 9. The highest BCUT2D eigenvalue weighted by Crippen LogP contribution is 2.30. The molecule has 3 rings (SSSR count). The van der Waals surface area contributed by atoms with Gasteiger partial charge in [-0.3, -0.25) is 0 Å². The Morgan fingerprint density at radius 2 is 2.08 bits per heavy atom. The van der Waals surface area contributed by atoms with Crippen LogP contribution in [0.5, 0.6) is 11.5 Å². The maximum Gasteiger partial charge on any atom is 0.161 e. The number of hydrogen-bond donors (Lipinski definition) is 2. The summed E-state index contributed by atoms with van der Waals surface area (Å²) in [6, 6.07) is 6.09. The van der Waals surface area contributed by atoms with Crippen LogP contribution in [0.4, 0.5) is 0 Å². The topological polar surface area (TPSA) is 73.8 Å². The SMILES string of the molecule is O[C@@H](C[NH2+]CCc1ccc2c(c1)OCCO2)COC[C@H]1CCCO1. The third kappa shape index (κ3) is 5.34. The summed E-state index contributed by atoms with van der Waals surface area (Å²) in [6.45, 7) is 4.60. The Bertz CT molecular complexity index is 504. The van der Waals surface area contributed by atoms with Crippen LogP contribution in [0.2, 0.25) is 0 Å². The lowest BCUT2D eigenvalue weighted by Gasteiger charge is -2.18. The summed E-state index contributed by atoms with van der Waals surface area (Å²) in [7, 11) is 0. The molecule has 0 bridgehead atoms. The number of aliphatic hydroxyl groups excluding tert-OH is 1. The second-order valence-corrected chi connectivity index (χ2v) is 6.37. The minimum absolute atomic E-state index is 0.219. The molecule has 1 aromatic rings. The van der Waals surface area contributed by atoms with Gasteiger partial charge in [-0.1, -0.05) is 6.07 Å². The van der Waals surface area contributed by atoms with Crippen molar-refractivity contribution in [3.05, 3.63) is 23.8 Å². The number of ether oxygens (including phenoxy) is 4. The van der Waals surface area contributed by atoms with Crippen molar-refractivity contribution < 1.29 is 29.4 Å². The Hall–Kier alpha value is -1.34. The van der Waals surface area contributed by atoms with E-state index >= 15 is 0 Å². The molecular weight excluding hydrogens is 310 g/mol. The Balaban J connectivity index is 1.27. The Kier molecular flexibility index (Phi) is 6.72. The van der Waals surface area contributed by atoms with Gasteiger partial charge in [-0.15, -0.1) is 0 Å². The van der Waals surface area contributed by atoms with Crippen LogP contribution in [0.1, 0.15) is 18.4 Å². The molecule has 0 aromatic heterocycles. The third-order valence-electron chi connectivity index (χ3n) is 4.32. The Morgan fingerprint density at radius 3 is 2.92 bits per heavy atom. The Morgan fingerprint density at radius 1 is 1.21 bits per heavy atom. The van der Waals surface area contributed by atoms with E-state index in [2.05, 4.69) is 11.4 Å². The van der Waals surface area contributed by atoms with Gasteiger partial charge < -0.3 is 29.4 Å². The monoisotopic (exact) mass is 338 g/mol. The minimum Gasteiger partial charge on any atom is -0.486 e. The summed E-state index contributed by atoms with van der Waals surface area (Å²) >= 11 is 0. The number of fused-ring (bicyclic) bond motifs is 1. The van der Waals surface area contributed by atoms with Crippen LogP contribution in [0.15, 0.2) is 18.2 Å². The van der Waals surface area contributed by atoms with Crippen LogP contribution in [-0.2, 0) is 15.9 Å². The van der Waals surface area contributed by atoms with Crippen LogP contribution >= 0.6 is 0 Å². The van der Waals surface area contributed by atoms with Gasteiger partial charge in [0, 0.05) is 13.0 Å². The molecule has 2 aliphatic heterocycles. The molecule has 2 heterocycles. The van der Waals surface area contributed by atoms with E-state index < -0.39 is 6.10 Å². The van der Waals surface area contributed by atoms with Crippen molar-refractivity contribution in [2.45, 2.75) is 31.5 Å². The highest BCUT2D eigenvalue weighted by Gasteiger charge is 2.16. The number of quaternary nitrogens is 1. The molecule has 2 aliphatic rings. The predicted molar refractivity (Wildman–Crippen MR) is 88.6 cm³/mol. The van der Waals surface area contributed by atoms with Gasteiger partial charge in [0.05, 0.1) is 25.9 Å². The molecule has 0 radical (unpaired) electrons. The first-order valence-corrected chi connectivity index (χ1v) is 8.89. The van der Waals surface area contributed by atoms with E-state index in [0.717, 1.165) is 43.9 Å². The van der Waals surface area contributed by atoms with E-state index in [4.69, 9.17) is 18.9 Å². The van der Waals surface area contributed by atoms with Crippen molar-refractivity contribution in [1.82, 2.24) is 0 Å². The van der Waals surface area contributed by atoms with Crippen molar-refractivity contribution in [3.63, 3.8) is 0 Å². The molecule has 134 valence electrons. The van der Waals surface area contributed by atoms with Crippen LogP contribution in [0.25, 0.3) is 0 Å². The highest BCUT2D eigenvalue weighted by atomic mass is 16.6. The molecule has 0 unspecified atom stereocenters. The predicted octanol–water partition coefficient (Wildman–Crippen LogP) is 0.120. The molecule has 1 saturated heterocycles. The molecule has 2 atom stereocenters. The molecule has 1 aromatic carbocycles. The lowest BCUT2D eigenvalue weighted by molar-refractivity contribution is -0.660. The third-order valence-corrected chi connectivity index (χ3v) is 4.32. The standard InChI is InChI=1S/C18H27NO5/c20-15(12-21-13-16-2-1-7-22-16)11-19-6-5-14-3-4-17-18(10-14)24-9-8-23-17/h3-4,10,15-16,19-20H,1-2,5-9,11-13H2/p+1/t15-,16+/m0/s1. The smallest absolute Gasteiger partial charge is 0.161 e. The zero-order chi connectivity index (χ0) is 16.6. The zero-order valence-electron chi connectivity index (χ0n) is 14.1. The molecule has 0 aliphatic carbocycles. The first-order valence-electron chi connectivity index (χ1n) is 8.89. The van der Waals surface area contributed by atoms with Crippen LogP contribution < -0.4 is 14.8 Å². The van der Waals surface area contributed by atoms with E-state index in [1.165, 1.54) is 5.56 Å². The molecule has 1 fully saturated rings. The van der Waals surface area contributed by atoms with Crippen LogP contribution in [0.3, 0.4) is 0 Å². The first-order chi connectivity index (χ1) is 11.8. The zero-order valence-corrected chi connectivity index (χ0v) is 14.1. The number of hydrogen-bond acceptors (Lipinski definition) is 5. The van der Waals surface area contributed by atoms with E-state index in [9.17, 15) is 5.11 Å². The van der Waals surface area contributed by atoms with Crippen molar-refractivity contribution in [1.29, 1.82) is 0 Å². The molecule has 24 heavy (non-hydrogen) atoms. The summed E-state index contributed by atoms with van der Waals surface area (Å²) in [5.41, 5.74) is 1.22. The summed E-state index contributed by atoms with van der Waals surface area (Å²) in [5, 5.41) is 12.1. The molecular formula is C18H28NO5+.